The number of nitrogens with one attached hydrogen (secondary N) is 1. The van der Waals surface area contributed by atoms with Gasteiger partial charge in [-0.05, 0) is 44.5 Å². The number of carbonyl (C=O) groups excluding carboxylic acids is 2. The van der Waals surface area contributed by atoms with Gasteiger partial charge in [0, 0.05) is 18.8 Å². The zero-order chi connectivity index (χ0) is 18.4. The van der Waals surface area contributed by atoms with Gasteiger partial charge < -0.3 is 14.8 Å². The van der Waals surface area contributed by atoms with E-state index in [0.29, 0.717) is 6.42 Å². The maximum Gasteiger partial charge on any atom is 0.408 e. The molecule has 0 aliphatic heterocycles. The normalized spacial score (nSPS) is 12.3. The van der Waals surface area contributed by atoms with Crippen LogP contribution in [0.25, 0.3) is 5.69 Å². The van der Waals surface area contributed by atoms with Crippen LogP contribution in [0.3, 0.4) is 0 Å². The third-order valence-corrected chi connectivity index (χ3v) is 3.32. The van der Waals surface area contributed by atoms with E-state index in [1.165, 1.54) is 7.11 Å². The van der Waals surface area contributed by atoms with Gasteiger partial charge in [-0.15, -0.1) is 0 Å². The summed E-state index contributed by atoms with van der Waals surface area (Å²) < 4.78 is 11.7. The summed E-state index contributed by atoms with van der Waals surface area (Å²) in [5.74, 6) is -0.526. The molecule has 1 amide bonds. The van der Waals surface area contributed by atoms with E-state index in [-0.39, 0.29) is 0 Å². The van der Waals surface area contributed by atoms with Crippen molar-refractivity contribution >= 4 is 12.1 Å². The smallest absolute Gasteiger partial charge is 0.408 e. The second-order valence-electron chi connectivity index (χ2n) is 6.54. The third kappa shape index (κ3) is 5.63. The summed E-state index contributed by atoms with van der Waals surface area (Å²) in [6.45, 7) is 5.27. The number of aromatic nitrogens is 2. The second-order valence-corrected chi connectivity index (χ2v) is 6.54. The van der Waals surface area contributed by atoms with Gasteiger partial charge in [0.15, 0.2) is 0 Å². The Morgan fingerprint density at radius 1 is 1.24 bits per heavy atom. The highest BCUT2D eigenvalue weighted by molar-refractivity contribution is 5.81. The molecular weight excluding hydrogens is 322 g/mol. The zero-order valence-electron chi connectivity index (χ0n) is 14.9. The lowest BCUT2D eigenvalue weighted by molar-refractivity contribution is -0.143. The van der Waals surface area contributed by atoms with Crippen LogP contribution < -0.4 is 5.32 Å². The van der Waals surface area contributed by atoms with Gasteiger partial charge in [0.25, 0.3) is 0 Å². The summed E-state index contributed by atoms with van der Waals surface area (Å²) in [5, 5.41) is 6.72. The van der Waals surface area contributed by atoms with E-state index in [4.69, 9.17) is 9.47 Å². The molecule has 0 saturated carbocycles. The van der Waals surface area contributed by atoms with Crippen LogP contribution in [-0.4, -0.2) is 40.6 Å². The van der Waals surface area contributed by atoms with Crippen LogP contribution >= 0.6 is 0 Å². The van der Waals surface area contributed by atoms with E-state index in [0.717, 1.165) is 11.3 Å². The second kappa shape index (κ2) is 7.83. The molecule has 25 heavy (non-hydrogen) atoms. The maximum absolute atomic E-state index is 12.0. The van der Waals surface area contributed by atoms with Gasteiger partial charge in [-0.25, -0.2) is 14.3 Å². The van der Waals surface area contributed by atoms with Crippen molar-refractivity contribution in [3.05, 3.63) is 48.3 Å². The molecule has 2 aromatic rings. The molecule has 0 unspecified atom stereocenters. The Bertz CT molecular complexity index is 703. The molecule has 0 fully saturated rings. The van der Waals surface area contributed by atoms with Crippen LogP contribution in [0.2, 0.25) is 0 Å². The van der Waals surface area contributed by atoms with Crippen molar-refractivity contribution in [2.24, 2.45) is 0 Å². The molecule has 1 aromatic carbocycles. The first kappa shape index (κ1) is 18.5. The fourth-order valence-corrected chi connectivity index (χ4v) is 2.23. The lowest BCUT2D eigenvalue weighted by Crippen LogP contribution is -2.45. The minimum atomic E-state index is -0.824. The number of carbonyl (C=O) groups is 2. The third-order valence-electron chi connectivity index (χ3n) is 3.32. The van der Waals surface area contributed by atoms with Crippen molar-refractivity contribution < 1.29 is 19.1 Å². The average molecular weight is 345 g/mol. The Morgan fingerprint density at radius 3 is 2.44 bits per heavy atom. The molecule has 0 spiro atoms. The number of alkyl carbamates (subject to hydrolysis) is 1. The molecule has 0 radical (unpaired) electrons. The fourth-order valence-electron chi connectivity index (χ4n) is 2.23. The Morgan fingerprint density at radius 2 is 1.92 bits per heavy atom. The number of ether oxygens (including phenoxy) is 2. The van der Waals surface area contributed by atoms with Gasteiger partial charge in [0.2, 0.25) is 0 Å². The topological polar surface area (TPSA) is 82.5 Å². The lowest BCUT2D eigenvalue weighted by atomic mass is 10.1. The molecule has 1 N–H and O–H groups in total. The predicted molar refractivity (Wildman–Crippen MR) is 92.4 cm³/mol. The van der Waals surface area contributed by atoms with E-state index in [9.17, 15) is 9.59 Å². The highest BCUT2D eigenvalue weighted by atomic mass is 16.6. The molecular formula is C18H23N3O4. The Balaban J connectivity index is 2.06. The molecule has 1 atom stereocenters. The van der Waals surface area contributed by atoms with Crippen molar-refractivity contribution in [3.63, 3.8) is 0 Å². The van der Waals surface area contributed by atoms with Crippen molar-refractivity contribution in [3.8, 4) is 5.69 Å². The van der Waals surface area contributed by atoms with Crippen molar-refractivity contribution in [1.82, 2.24) is 15.1 Å². The molecule has 0 aliphatic carbocycles. The number of benzene rings is 1. The maximum atomic E-state index is 12.0. The number of hydrogen-bond donors (Lipinski definition) is 1. The lowest BCUT2D eigenvalue weighted by Gasteiger charge is -2.22. The quantitative estimate of drug-likeness (QED) is 0.842. The first-order chi connectivity index (χ1) is 11.8. The summed E-state index contributed by atoms with van der Waals surface area (Å²) in [5.41, 5.74) is 1.14. The minimum absolute atomic E-state index is 0.297. The minimum Gasteiger partial charge on any atom is -0.467 e. The summed E-state index contributed by atoms with van der Waals surface area (Å²) in [7, 11) is 1.28. The highest BCUT2D eigenvalue weighted by Crippen LogP contribution is 2.12. The van der Waals surface area contributed by atoms with E-state index in [1.807, 2.05) is 36.5 Å². The standard InChI is InChI=1S/C18H23N3O4/c1-18(2,3)25-17(23)20-15(16(22)24-4)12-13-6-8-14(9-7-13)21-11-5-10-19-21/h5-11,15H,12H2,1-4H3,(H,20,23)/t15-/m0/s1. The number of nitrogens with zero attached hydrogens (tertiary/aromatic N) is 2. The van der Waals surface area contributed by atoms with Crippen LogP contribution in [0.15, 0.2) is 42.7 Å². The SMILES string of the molecule is COC(=O)[C@H](Cc1ccc(-n2cccn2)cc1)NC(=O)OC(C)(C)C. The van der Waals surface area contributed by atoms with E-state index in [1.54, 1.807) is 31.6 Å². The molecule has 134 valence electrons. The Kier molecular flexibility index (Phi) is 5.80. The van der Waals surface area contributed by atoms with E-state index < -0.39 is 23.7 Å². The zero-order valence-corrected chi connectivity index (χ0v) is 14.9. The van der Waals surface area contributed by atoms with Crippen molar-refractivity contribution in [2.45, 2.75) is 38.8 Å². The molecule has 7 heteroatoms. The summed E-state index contributed by atoms with van der Waals surface area (Å²) in [4.78, 5) is 23.9. The highest BCUT2D eigenvalue weighted by Gasteiger charge is 2.25. The van der Waals surface area contributed by atoms with E-state index >= 15 is 0 Å². The number of hydrogen-bond acceptors (Lipinski definition) is 5. The fraction of sp³-hybridized carbons (Fsp3) is 0.389. The van der Waals surface area contributed by atoms with Crippen LogP contribution in [0, 0.1) is 0 Å². The molecule has 0 aliphatic rings. The predicted octanol–water partition coefficient (Wildman–Crippen LogP) is 2.48. The summed E-state index contributed by atoms with van der Waals surface area (Å²) in [6, 6.07) is 8.56. The molecule has 1 aromatic heterocycles. The first-order valence-corrected chi connectivity index (χ1v) is 7.95. The number of esters is 1. The molecule has 2 rings (SSSR count). The van der Waals surface area contributed by atoms with Crippen molar-refractivity contribution in [2.75, 3.05) is 7.11 Å². The Labute approximate surface area is 146 Å². The summed E-state index contributed by atoms with van der Waals surface area (Å²) in [6.07, 6.45) is 3.18. The van der Waals surface area contributed by atoms with Crippen LogP contribution in [0.5, 0.6) is 0 Å². The van der Waals surface area contributed by atoms with Gasteiger partial charge in [-0.1, -0.05) is 12.1 Å². The molecule has 7 nitrogen and oxygen atoms in total. The van der Waals surface area contributed by atoms with E-state index in [2.05, 4.69) is 10.4 Å². The van der Waals surface area contributed by atoms with Crippen LogP contribution in [0.1, 0.15) is 26.3 Å². The van der Waals surface area contributed by atoms with Gasteiger partial charge in [-0.2, -0.15) is 5.10 Å². The van der Waals surface area contributed by atoms with Gasteiger partial charge in [-0.3, -0.25) is 0 Å². The summed E-state index contributed by atoms with van der Waals surface area (Å²) >= 11 is 0. The largest absolute Gasteiger partial charge is 0.467 e. The Hall–Kier alpha value is -2.83. The number of amides is 1. The molecule has 1 heterocycles. The number of methoxy groups -OCH3 is 1. The average Bonchev–Trinajstić information content (AvgIpc) is 3.07. The van der Waals surface area contributed by atoms with Crippen molar-refractivity contribution in [1.29, 1.82) is 0 Å². The van der Waals surface area contributed by atoms with Gasteiger partial charge in [0.05, 0.1) is 12.8 Å². The van der Waals surface area contributed by atoms with Crippen LogP contribution in [-0.2, 0) is 20.7 Å². The van der Waals surface area contributed by atoms with Crippen LogP contribution in [0.4, 0.5) is 4.79 Å². The first-order valence-electron chi connectivity index (χ1n) is 7.95. The van der Waals surface area contributed by atoms with Gasteiger partial charge >= 0.3 is 12.1 Å². The monoisotopic (exact) mass is 345 g/mol. The number of rotatable bonds is 5. The molecule has 0 bridgehead atoms. The molecule has 0 saturated heterocycles. The van der Waals surface area contributed by atoms with Gasteiger partial charge in [0.1, 0.15) is 11.6 Å².